The summed E-state index contributed by atoms with van der Waals surface area (Å²) in [5.74, 6) is 0.498. The fourth-order valence-electron chi connectivity index (χ4n) is 2.41. The zero-order chi connectivity index (χ0) is 18.4. The zero-order valence-electron chi connectivity index (χ0n) is 14.5. The van der Waals surface area contributed by atoms with Crippen molar-refractivity contribution in [3.63, 3.8) is 0 Å². The molecular formula is C19H21ClN2O3. The van der Waals surface area contributed by atoms with Crippen LogP contribution in [-0.2, 0) is 17.9 Å². The predicted octanol–water partition coefficient (Wildman–Crippen LogP) is 3.26. The third kappa shape index (κ3) is 5.22. The van der Waals surface area contributed by atoms with Crippen molar-refractivity contribution in [1.29, 1.82) is 0 Å². The quantitative estimate of drug-likeness (QED) is 0.860. The number of rotatable bonds is 6. The first-order valence-corrected chi connectivity index (χ1v) is 8.19. The second kappa shape index (κ2) is 8.53. The molecule has 0 bridgehead atoms. The van der Waals surface area contributed by atoms with Gasteiger partial charge in [-0.1, -0.05) is 23.7 Å². The molecule has 2 rings (SSSR count). The molecule has 1 N–H and O–H groups in total. The van der Waals surface area contributed by atoms with Crippen LogP contribution >= 0.6 is 11.6 Å². The van der Waals surface area contributed by atoms with Crippen LogP contribution in [0.3, 0.4) is 0 Å². The molecule has 132 valence electrons. The van der Waals surface area contributed by atoms with Crippen LogP contribution in [0.4, 0.5) is 0 Å². The van der Waals surface area contributed by atoms with E-state index in [-0.39, 0.29) is 11.8 Å². The average molecular weight is 361 g/mol. The Bertz CT molecular complexity index is 760. The van der Waals surface area contributed by atoms with E-state index in [9.17, 15) is 9.59 Å². The van der Waals surface area contributed by atoms with Gasteiger partial charge in [0.1, 0.15) is 5.75 Å². The van der Waals surface area contributed by atoms with Gasteiger partial charge >= 0.3 is 0 Å². The molecule has 0 fully saturated rings. The fraction of sp³-hybridized carbons (Fsp3) is 0.263. The summed E-state index contributed by atoms with van der Waals surface area (Å²) >= 11 is 6.03. The van der Waals surface area contributed by atoms with Crippen molar-refractivity contribution in [2.45, 2.75) is 20.0 Å². The third-order valence-electron chi connectivity index (χ3n) is 3.74. The molecule has 0 radical (unpaired) electrons. The third-order valence-corrected chi connectivity index (χ3v) is 3.97. The summed E-state index contributed by atoms with van der Waals surface area (Å²) in [6.45, 7) is 2.30. The minimum absolute atomic E-state index is 0.0876. The molecule has 2 aromatic carbocycles. The van der Waals surface area contributed by atoms with Gasteiger partial charge in [-0.05, 0) is 35.9 Å². The van der Waals surface area contributed by atoms with Crippen LogP contribution in [0.1, 0.15) is 28.4 Å². The van der Waals surface area contributed by atoms with E-state index in [1.165, 1.54) is 6.92 Å². The Morgan fingerprint density at radius 3 is 2.44 bits per heavy atom. The maximum Gasteiger partial charge on any atom is 0.253 e. The minimum atomic E-state index is -0.104. The number of ether oxygens (including phenoxy) is 1. The Kier molecular flexibility index (Phi) is 6.42. The monoisotopic (exact) mass is 360 g/mol. The molecule has 0 aliphatic carbocycles. The van der Waals surface area contributed by atoms with Gasteiger partial charge in [0.2, 0.25) is 5.91 Å². The minimum Gasteiger partial charge on any atom is -0.496 e. The topological polar surface area (TPSA) is 58.6 Å². The Morgan fingerprint density at radius 2 is 1.84 bits per heavy atom. The molecule has 0 aliphatic rings. The van der Waals surface area contributed by atoms with E-state index in [1.54, 1.807) is 49.4 Å². The number of nitrogens with one attached hydrogen (secondary N) is 1. The maximum absolute atomic E-state index is 12.6. The summed E-state index contributed by atoms with van der Waals surface area (Å²) in [7, 11) is 3.32. The van der Waals surface area contributed by atoms with Crippen molar-refractivity contribution < 1.29 is 14.3 Å². The molecule has 0 spiro atoms. The highest BCUT2D eigenvalue weighted by Crippen LogP contribution is 2.24. The van der Waals surface area contributed by atoms with Gasteiger partial charge in [-0.3, -0.25) is 9.59 Å². The first-order chi connectivity index (χ1) is 11.9. The number of hydrogen-bond acceptors (Lipinski definition) is 3. The molecule has 0 saturated heterocycles. The van der Waals surface area contributed by atoms with E-state index in [4.69, 9.17) is 16.3 Å². The first kappa shape index (κ1) is 18.8. The highest BCUT2D eigenvalue weighted by molar-refractivity contribution is 6.30. The molecule has 0 heterocycles. The average Bonchev–Trinajstić information content (AvgIpc) is 2.60. The standard InChI is InChI=1S/C19H21ClN2O3/c1-13(23)21-11-14-4-6-15(7-5-14)19(24)22(2)12-16-10-17(20)8-9-18(16)25-3/h4-10H,11-12H2,1-3H3,(H,21,23). The summed E-state index contributed by atoms with van der Waals surface area (Å²) in [5.41, 5.74) is 2.36. The normalized spacial score (nSPS) is 10.2. The Hall–Kier alpha value is -2.53. The van der Waals surface area contributed by atoms with Gasteiger partial charge in [0.05, 0.1) is 7.11 Å². The van der Waals surface area contributed by atoms with E-state index in [1.807, 2.05) is 12.1 Å². The van der Waals surface area contributed by atoms with E-state index < -0.39 is 0 Å². The van der Waals surface area contributed by atoms with Crippen LogP contribution in [0.25, 0.3) is 0 Å². The van der Waals surface area contributed by atoms with E-state index in [2.05, 4.69) is 5.32 Å². The van der Waals surface area contributed by atoms with Crippen LogP contribution in [0.15, 0.2) is 42.5 Å². The SMILES string of the molecule is COc1ccc(Cl)cc1CN(C)C(=O)c1ccc(CNC(C)=O)cc1. The van der Waals surface area contributed by atoms with Gasteiger partial charge in [-0.2, -0.15) is 0 Å². The molecule has 0 unspecified atom stereocenters. The summed E-state index contributed by atoms with van der Waals surface area (Å²) in [6, 6.07) is 12.5. The van der Waals surface area contributed by atoms with Gasteiger partial charge in [0, 0.05) is 43.2 Å². The number of halogens is 1. The van der Waals surface area contributed by atoms with Crippen LogP contribution in [0.2, 0.25) is 5.02 Å². The van der Waals surface area contributed by atoms with Gasteiger partial charge in [0.15, 0.2) is 0 Å². The highest BCUT2D eigenvalue weighted by Gasteiger charge is 2.14. The number of carbonyl (C=O) groups is 2. The van der Waals surface area contributed by atoms with Crippen molar-refractivity contribution in [3.05, 3.63) is 64.2 Å². The molecule has 2 aromatic rings. The van der Waals surface area contributed by atoms with Crippen molar-refractivity contribution in [3.8, 4) is 5.75 Å². The summed E-state index contributed by atoms with van der Waals surface area (Å²) in [4.78, 5) is 25.1. The molecule has 5 nitrogen and oxygen atoms in total. The Morgan fingerprint density at radius 1 is 1.16 bits per heavy atom. The lowest BCUT2D eigenvalue weighted by molar-refractivity contribution is -0.119. The summed E-state index contributed by atoms with van der Waals surface area (Å²) in [5, 5.41) is 3.32. The fourth-order valence-corrected chi connectivity index (χ4v) is 2.60. The number of nitrogens with zero attached hydrogens (tertiary/aromatic N) is 1. The molecule has 0 atom stereocenters. The van der Waals surface area contributed by atoms with Gasteiger partial charge in [-0.15, -0.1) is 0 Å². The van der Waals surface area contributed by atoms with Crippen LogP contribution < -0.4 is 10.1 Å². The first-order valence-electron chi connectivity index (χ1n) is 7.82. The Labute approximate surface area is 152 Å². The number of amides is 2. The molecule has 2 amide bonds. The van der Waals surface area contributed by atoms with Crippen molar-refractivity contribution in [2.24, 2.45) is 0 Å². The lowest BCUT2D eigenvalue weighted by Crippen LogP contribution is -2.26. The molecule has 0 saturated carbocycles. The van der Waals surface area contributed by atoms with Crippen molar-refractivity contribution in [1.82, 2.24) is 10.2 Å². The molecular weight excluding hydrogens is 340 g/mol. The zero-order valence-corrected chi connectivity index (χ0v) is 15.3. The van der Waals surface area contributed by atoms with Crippen LogP contribution in [0, 0.1) is 0 Å². The second-order valence-electron chi connectivity index (χ2n) is 5.72. The molecule has 25 heavy (non-hydrogen) atoms. The maximum atomic E-state index is 12.6. The van der Waals surface area contributed by atoms with Crippen molar-refractivity contribution >= 4 is 23.4 Å². The number of carbonyl (C=O) groups excluding carboxylic acids is 2. The highest BCUT2D eigenvalue weighted by atomic mass is 35.5. The van der Waals surface area contributed by atoms with Gasteiger partial charge in [0.25, 0.3) is 5.91 Å². The number of hydrogen-bond donors (Lipinski definition) is 1. The lowest BCUT2D eigenvalue weighted by atomic mass is 10.1. The predicted molar refractivity (Wildman–Crippen MR) is 97.8 cm³/mol. The summed E-state index contributed by atoms with van der Waals surface area (Å²) < 4.78 is 5.32. The van der Waals surface area contributed by atoms with Gasteiger partial charge in [-0.25, -0.2) is 0 Å². The van der Waals surface area contributed by atoms with Crippen LogP contribution in [-0.4, -0.2) is 30.9 Å². The molecule has 0 aliphatic heterocycles. The van der Waals surface area contributed by atoms with E-state index >= 15 is 0 Å². The van der Waals surface area contributed by atoms with E-state index in [0.29, 0.717) is 29.4 Å². The van der Waals surface area contributed by atoms with Crippen LogP contribution in [0.5, 0.6) is 5.75 Å². The number of benzene rings is 2. The lowest BCUT2D eigenvalue weighted by Gasteiger charge is -2.19. The second-order valence-corrected chi connectivity index (χ2v) is 6.16. The molecule has 6 heteroatoms. The number of methoxy groups -OCH3 is 1. The summed E-state index contributed by atoms with van der Waals surface area (Å²) in [6.07, 6.45) is 0. The van der Waals surface area contributed by atoms with Crippen molar-refractivity contribution in [2.75, 3.05) is 14.2 Å². The van der Waals surface area contributed by atoms with Gasteiger partial charge < -0.3 is 15.0 Å². The van der Waals surface area contributed by atoms with E-state index in [0.717, 1.165) is 11.1 Å². The Balaban J connectivity index is 2.07. The largest absolute Gasteiger partial charge is 0.496 e. The molecule has 0 aromatic heterocycles. The smallest absolute Gasteiger partial charge is 0.253 e.